The molecule has 0 fully saturated rings. The number of hydrogen-bond donors (Lipinski definition) is 0. The van der Waals surface area contributed by atoms with Crippen LogP contribution < -0.4 is 0 Å². The average molecular weight is 159 g/mol. The molecule has 0 atom stereocenters. The highest BCUT2D eigenvalue weighted by Gasteiger charge is 2.05. The molecule has 0 bridgehead atoms. The zero-order chi connectivity index (χ0) is 8.72. The van der Waals surface area contributed by atoms with E-state index in [9.17, 15) is 0 Å². The van der Waals surface area contributed by atoms with Gasteiger partial charge in [0.05, 0.1) is 0 Å². The summed E-state index contributed by atoms with van der Waals surface area (Å²) >= 11 is 0. The second-order valence-corrected chi connectivity index (χ2v) is 3.22. The lowest BCUT2D eigenvalue weighted by molar-refractivity contribution is 0.605. The highest BCUT2D eigenvalue weighted by atomic mass is 16.3. The molecule has 0 amide bonds. The van der Waals surface area contributed by atoms with Gasteiger partial charge in [0.25, 0.3) is 0 Å². The van der Waals surface area contributed by atoms with Crippen LogP contribution in [0.3, 0.4) is 0 Å². The fraction of sp³-hybridized carbons (Fsp3) is 0.273. The standard InChI is InChI=1S/C11H11O/c1-7-6-11-10(4-5-12-11)9(3)8(7)2/h4,6H,1-3H3. The summed E-state index contributed by atoms with van der Waals surface area (Å²) in [7, 11) is 0. The molecule has 12 heavy (non-hydrogen) atoms. The lowest BCUT2D eigenvalue weighted by atomic mass is 10.0. The van der Waals surface area contributed by atoms with Gasteiger partial charge in [0.15, 0.2) is 6.26 Å². The number of hydrogen-bond acceptors (Lipinski definition) is 1. The van der Waals surface area contributed by atoms with E-state index in [1.165, 1.54) is 22.1 Å². The molecule has 0 spiro atoms. The molecule has 61 valence electrons. The first kappa shape index (κ1) is 7.41. The molecule has 1 aromatic heterocycles. The Kier molecular flexibility index (Phi) is 1.47. The molecule has 0 saturated carbocycles. The van der Waals surface area contributed by atoms with Gasteiger partial charge in [-0.15, -0.1) is 0 Å². The average Bonchev–Trinajstić information content (AvgIpc) is 2.48. The van der Waals surface area contributed by atoms with Gasteiger partial charge in [-0.3, -0.25) is 0 Å². The summed E-state index contributed by atoms with van der Waals surface area (Å²) in [5, 5.41) is 1.18. The van der Waals surface area contributed by atoms with Crippen molar-refractivity contribution < 1.29 is 4.42 Å². The maximum atomic E-state index is 5.21. The Morgan fingerprint density at radius 3 is 2.67 bits per heavy atom. The molecule has 2 rings (SSSR count). The normalized spacial score (nSPS) is 10.9. The van der Waals surface area contributed by atoms with Gasteiger partial charge in [0.2, 0.25) is 0 Å². The van der Waals surface area contributed by atoms with Gasteiger partial charge in [-0.1, -0.05) is 0 Å². The van der Waals surface area contributed by atoms with Crippen molar-refractivity contribution in [2.24, 2.45) is 0 Å². The summed E-state index contributed by atoms with van der Waals surface area (Å²) < 4.78 is 5.21. The van der Waals surface area contributed by atoms with Crippen molar-refractivity contribution in [1.82, 2.24) is 0 Å². The molecule has 0 aliphatic rings. The molecule has 1 aromatic carbocycles. The van der Waals surface area contributed by atoms with Crippen LogP contribution in [0.5, 0.6) is 0 Å². The van der Waals surface area contributed by atoms with E-state index in [0.717, 1.165) is 5.58 Å². The molecule has 1 heteroatoms. The summed E-state index contributed by atoms with van der Waals surface area (Å²) in [5.41, 5.74) is 4.87. The van der Waals surface area contributed by atoms with Crippen molar-refractivity contribution in [3.8, 4) is 0 Å². The van der Waals surface area contributed by atoms with E-state index in [4.69, 9.17) is 4.42 Å². The van der Waals surface area contributed by atoms with Crippen LogP contribution in [0.4, 0.5) is 0 Å². The van der Waals surface area contributed by atoms with Crippen LogP contribution in [0.25, 0.3) is 11.0 Å². The van der Waals surface area contributed by atoms with Crippen molar-refractivity contribution >= 4 is 11.0 Å². The number of fused-ring (bicyclic) bond motifs is 1. The van der Waals surface area contributed by atoms with Crippen LogP contribution in [0.2, 0.25) is 0 Å². The van der Waals surface area contributed by atoms with Crippen LogP contribution in [0.1, 0.15) is 16.7 Å². The van der Waals surface area contributed by atoms with Crippen molar-refractivity contribution in [3.63, 3.8) is 0 Å². The molecule has 0 N–H and O–H groups in total. The van der Waals surface area contributed by atoms with Gasteiger partial charge in [-0.25, -0.2) is 0 Å². The maximum absolute atomic E-state index is 5.21. The summed E-state index contributed by atoms with van der Waals surface area (Å²) in [5.74, 6) is 0. The smallest absolute Gasteiger partial charge is 0.170 e. The topological polar surface area (TPSA) is 13.1 Å². The first-order valence-corrected chi connectivity index (χ1v) is 4.06. The Bertz CT molecular complexity index is 424. The monoisotopic (exact) mass is 159 g/mol. The summed E-state index contributed by atoms with van der Waals surface area (Å²) in [6, 6.07) is 3.96. The molecular weight excluding hydrogens is 148 g/mol. The molecule has 0 unspecified atom stereocenters. The Balaban J connectivity index is 2.94. The second-order valence-electron chi connectivity index (χ2n) is 3.22. The third-order valence-electron chi connectivity index (χ3n) is 2.54. The third kappa shape index (κ3) is 0.860. The largest absolute Gasteiger partial charge is 0.453 e. The minimum atomic E-state index is 0.940. The molecule has 1 nitrogen and oxygen atoms in total. The summed E-state index contributed by atoms with van der Waals surface area (Å²) in [6.07, 6.45) is 2.76. The van der Waals surface area contributed by atoms with Crippen molar-refractivity contribution in [2.75, 3.05) is 0 Å². The van der Waals surface area contributed by atoms with Crippen molar-refractivity contribution in [2.45, 2.75) is 20.8 Å². The number of furan rings is 1. The third-order valence-corrected chi connectivity index (χ3v) is 2.54. The number of benzene rings is 1. The zero-order valence-corrected chi connectivity index (χ0v) is 7.56. The highest BCUT2D eigenvalue weighted by molar-refractivity contribution is 5.82. The molecule has 1 heterocycles. The van der Waals surface area contributed by atoms with Crippen molar-refractivity contribution in [3.05, 3.63) is 35.1 Å². The molecule has 0 saturated heterocycles. The Morgan fingerprint density at radius 2 is 1.92 bits per heavy atom. The van der Waals surface area contributed by atoms with Crippen LogP contribution >= 0.6 is 0 Å². The van der Waals surface area contributed by atoms with Gasteiger partial charge in [0, 0.05) is 5.39 Å². The zero-order valence-electron chi connectivity index (χ0n) is 7.56. The van der Waals surface area contributed by atoms with Crippen LogP contribution in [0, 0.1) is 27.0 Å². The van der Waals surface area contributed by atoms with E-state index >= 15 is 0 Å². The van der Waals surface area contributed by atoms with E-state index in [1.807, 2.05) is 6.07 Å². The number of rotatable bonds is 0. The maximum Gasteiger partial charge on any atom is 0.170 e. The van der Waals surface area contributed by atoms with E-state index in [1.54, 1.807) is 0 Å². The van der Waals surface area contributed by atoms with Crippen molar-refractivity contribution in [1.29, 1.82) is 0 Å². The van der Waals surface area contributed by atoms with E-state index < -0.39 is 0 Å². The Morgan fingerprint density at radius 1 is 1.17 bits per heavy atom. The van der Waals surface area contributed by atoms with Crippen LogP contribution in [0.15, 0.2) is 16.5 Å². The summed E-state index contributed by atoms with van der Waals surface area (Å²) in [6.45, 7) is 6.36. The molecule has 0 aliphatic heterocycles. The number of aryl methyl sites for hydroxylation is 2. The lowest BCUT2D eigenvalue weighted by Crippen LogP contribution is -1.85. The van der Waals surface area contributed by atoms with Gasteiger partial charge >= 0.3 is 0 Å². The Hall–Kier alpha value is -1.24. The minimum Gasteiger partial charge on any atom is -0.453 e. The van der Waals surface area contributed by atoms with Gasteiger partial charge in [-0.2, -0.15) is 0 Å². The predicted molar refractivity (Wildman–Crippen MR) is 49.3 cm³/mol. The van der Waals surface area contributed by atoms with Gasteiger partial charge < -0.3 is 4.42 Å². The van der Waals surface area contributed by atoms with Gasteiger partial charge in [0.1, 0.15) is 5.58 Å². The Labute approximate surface area is 72.0 Å². The minimum absolute atomic E-state index is 0.940. The van der Waals surface area contributed by atoms with E-state index in [-0.39, 0.29) is 0 Å². The highest BCUT2D eigenvalue weighted by Crippen LogP contribution is 2.24. The van der Waals surface area contributed by atoms with E-state index in [2.05, 4.69) is 33.1 Å². The van der Waals surface area contributed by atoms with Gasteiger partial charge in [-0.05, 0) is 49.6 Å². The van der Waals surface area contributed by atoms with E-state index in [0.29, 0.717) is 0 Å². The molecule has 1 radical (unpaired) electrons. The fourth-order valence-corrected chi connectivity index (χ4v) is 1.48. The van der Waals surface area contributed by atoms with Crippen LogP contribution in [-0.4, -0.2) is 0 Å². The quantitative estimate of drug-likeness (QED) is 0.575. The molecule has 2 aromatic rings. The second kappa shape index (κ2) is 2.37. The fourth-order valence-electron chi connectivity index (χ4n) is 1.48. The SMILES string of the molecule is Cc1cc2o[c]cc2c(C)c1C. The first-order chi connectivity index (χ1) is 5.70. The lowest BCUT2D eigenvalue weighted by Gasteiger charge is -2.04. The van der Waals surface area contributed by atoms with Crippen LogP contribution in [-0.2, 0) is 0 Å². The first-order valence-electron chi connectivity index (χ1n) is 4.06. The predicted octanol–water partition coefficient (Wildman–Crippen LogP) is 3.16. The molecule has 0 aliphatic carbocycles. The summed E-state index contributed by atoms with van der Waals surface area (Å²) in [4.78, 5) is 0. The molecular formula is C11H11O.